The maximum atomic E-state index is 13.8. The van der Waals surface area contributed by atoms with Crippen molar-refractivity contribution in [3.8, 4) is 5.69 Å². The number of fused-ring (bicyclic) bond motifs is 1. The Hall–Kier alpha value is -4.72. The fourth-order valence-electron chi connectivity index (χ4n) is 4.66. The van der Waals surface area contributed by atoms with Gasteiger partial charge in [-0.2, -0.15) is 0 Å². The molecule has 3 aromatic carbocycles. The molecule has 0 saturated heterocycles. The van der Waals surface area contributed by atoms with Crippen LogP contribution in [0.2, 0.25) is 0 Å². The van der Waals surface area contributed by atoms with Gasteiger partial charge >= 0.3 is 0 Å². The lowest BCUT2D eigenvalue weighted by Gasteiger charge is -2.25. The highest BCUT2D eigenvalue weighted by molar-refractivity contribution is 6.23. The number of amides is 3. The van der Waals surface area contributed by atoms with Gasteiger partial charge in [-0.3, -0.25) is 28.8 Å². The minimum atomic E-state index is -1.15. The van der Waals surface area contributed by atoms with Gasteiger partial charge in [0.05, 0.1) is 22.5 Å². The normalized spacial score (nSPS) is 13.5. The lowest BCUT2D eigenvalue weighted by atomic mass is 10.0. The van der Waals surface area contributed by atoms with E-state index in [1.807, 2.05) is 49.4 Å². The second-order valence-corrected chi connectivity index (χ2v) is 9.16. The van der Waals surface area contributed by atoms with Gasteiger partial charge in [0, 0.05) is 13.5 Å². The number of hydrogen-bond acceptors (Lipinski definition) is 4. The lowest BCUT2D eigenvalue weighted by molar-refractivity contribution is -0.119. The Bertz CT molecular complexity index is 1550. The summed E-state index contributed by atoms with van der Waals surface area (Å²) in [6.45, 7) is 3.68. The highest BCUT2D eigenvalue weighted by Gasteiger charge is 2.43. The van der Waals surface area contributed by atoms with E-state index in [0.29, 0.717) is 11.4 Å². The molecule has 4 aromatic rings. The van der Waals surface area contributed by atoms with Crippen LogP contribution in [0.5, 0.6) is 0 Å². The third kappa shape index (κ3) is 4.16. The zero-order valence-electron chi connectivity index (χ0n) is 20.8. The van der Waals surface area contributed by atoms with Crippen molar-refractivity contribution in [2.24, 2.45) is 7.05 Å². The first kappa shape index (κ1) is 24.0. The first-order chi connectivity index (χ1) is 17.8. The molecule has 3 amide bonds. The number of aromatic nitrogens is 2. The van der Waals surface area contributed by atoms with Crippen LogP contribution in [0.15, 0.2) is 83.7 Å². The summed E-state index contributed by atoms with van der Waals surface area (Å²) in [4.78, 5) is 54.7. The van der Waals surface area contributed by atoms with Gasteiger partial charge in [-0.05, 0) is 43.7 Å². The van der Waals surface area contributed by atoms with Crippen molar-refractivity contribution >= 4 is 23.4 Å². The van der Waals surface area contributed by atoms with Crippen LogP contribution in [0.25, 0.3) is 5.69 Å². The maximum absolute atomic E-state index is 13.8. The van der Waals surface area contributed by atoms with Crippen molar-refractivity contribution < 1.29 is 14.4 Å². The van der Waals surface area contributed by atoms with Crippen LogP contribution >= 0.6 is 0 Å². The van der Waals surface area contributed by atoms with E-state index >= 15 is 0 Å². The van der Waals surface area contributed by atoms with Gasteiger partial charge < -0.3 is 5.32 Å². The van der Waals surface area contributed by atoms with Crippen molar-refractivity contribution in [1.82, 2.24) is 14.3 Å². The summed E-state index contributed by atoms with van der Waals surface area (Å²) < 4.78 is 3.12. The third-order valence-electron chi connectivity index (χ3n) is 6.79. The van der Waals surface area contributed by atoms with Crippen LogP contribution in [0.3, 0.4) is 0 Å². The Balaban J connectivity index is 1.53. The number of benzene rings is 3. The Morgan fingerprint density at radius 3 is 1.97 bits per heavy atom. The number of hydrogen-bond donors (Lipinski definition) is 1. The van der Waals surface area contributed by atoms with E-state index in [4.69, 9.17) is 0 Å². The van der Waals surface area contributed by atoms with Crippen molar-refractivity contribution in [1.29, 1.82) is 0 Å². The second-order valence-electron chi connectivity index (χ2n) is 9.16. The van der Waals surface area contributed by atoms with Gasteiger partial charge in [0.1, 0.15) is 11.7 Å². The van der Waals surface area contributed by atoms with E-state index in [0.717, 1.165) is 16.0 Å². The van der Waals surface area contributed by atoms with Gasteiger partial charge in [0.25, 0.3) is 17.4 Å². The first-order valence-corrected chi connectivity index (χ1v) is 11.9. The molecule has 5 rings (SSSR count). The van der Waals surface area contributed by atoms with E-state index in [1.165, 1.54) is 4.68 Å². The summed E-state index contributed by atoms with van der Waals surface area (Å²) in [6.07, 6.45) is 0.107. The number of aryl methyl sites for hydroxylation is 1. The Labute approximate surface area is 213 Å². The molecule has 1 unspecified atom stereocenters. The summed E-state index contributed by atoms with van der Waals surface area (Å²) in [5, 5.41) is 2.75. The first-order valence-electron chi connectivity index (χ1n) is 11.9. The fraction of sp³-hybridized carbons (Fsp3) is 0.172. The molecule has 1 aliphatic rings. The molecule has 0 fully saturated rings. The minimum Gasteiger partial charge on any atom is -0.318 e. The highest BCUT2D eigenvalue weighted by Crippen LogP contribution is 2.27. The molecular formula is C29H26N4O4. The third-order valence-corrected chi connectivity index (χ3v) is 6.79. The van der Waals surface area contributed by atoms with Crippen molar-refractivity contribution in [3.05, 3.63) is 117 Å². The van der Waals surface area contributed by atoms with E-state index in [-0.39, 0.29) is 23.2 Å². The van der Waals surface area contributed by atoms with E-state index in [2.05, 4.69) is 5.32 Å². The van der Waals surface area contributed by atoms with E-state index in [1.54, 1.807) is 55.1 Å². The van der Waals surface area contributed by atoms with Gasteiger partial charge in [-0.1, -0.05) is 60.2 Å². The molecule has 8 heteroatoms. The van der Waals surface area contributed by atoms with Crippen LogP contribution in [0.1, 0.15) is 37.5 Å². The van der Waals surface area contributed by atoms with Gasteiger partial charge in [0.15, 0.2) is 0 Å². The SMILES string of the molecule is Cc1ccc(CC(C(=O)Nc2c(C)n(C)n(-c3ccccc3)c2=O)N2C(=O)c3ccccc3C2=O)cc1. The van der Waals surface area contributed by atoms with Gasteiger partial charge in [-0.15, -0.1) is 0 Å². The number of nitrogens with zero attached hydrogens (tertiary/aromatic N) is 3. The Morgan fingerprint density at radius 1 is 0.811 bits per heavy atom. The van der Waals surface area contributed by atoms with Crippen LogP contribution in [0.4, 0.5) is 5.69 Å². The summed E-state index contributed by atoms with van der Waals surface area (Å²) in [7, 11) is 1.73. The zero-order chi connectivity index (χ0) is 26.3. The zero-order valence-corrected chi connectivity index (χ0v) is 20.8. The van der Waals surface area contributed by atoms with Crippen LogP contribution < -0.4 is 10.9 Å². The molecule has 186 valence electrons. The molecule has 1 atom stereocenters. The number of nitrogens with one attached hydrogen (secondary N) is 1. The molecule has 1 aliphatic heterocycles. The highest BCUT2D eigenvalue weighted by atomic mass is 16.2. The van der Waals surface area contributed by atoms with E-state index < -0.39 is 29.3 Å². The fourth-order valence-corrected chi connectivity index (χ4v) is 4.66. The van der Waals surface area contributed by atoms with Crippen molar-refractivity contribution in [2.75, 3.05) is 5.32 Å². The Kier molecular flexibility index (Phi) is 6.09. The predicted octanol–water partition coefficient (Wildman–Crippen LogP) is 3.64. The second kappa shape index (κ2) is 9.39. The van der Waals surface area contributed by atoms with Crippen molar-refractivity contribution in [2.45, 2.75) is 26.3 Å². The summed E-state index contributed by atoms with van der Waals surface area (Å²) in [6, 6.07) is 22.0. The quantitative estimate of drug-likeness (QED) is 0.414. The summed E-state index contributed by atoms with van der Waals surface area (Å²) >= 11 is 0. The summed E-state index contributed by atoms with van der Waals surface area (Å²) in [5.41, 5.74) is 3.24. The molecule has 0 bridgehead atoms. The molecule has 0 radical (unpaired) electrons. The molecule has 1 N–H and O–H groups in total. The molecule has 2 heterocycles. The molecular weight excluding hydrogens is 468 g/mol. The molecule has 8 nitrogen and oxygen atoms in total. The van der Waals surface area contributed by atoms with Crippen LogP contribution in [-0.2, 0) is 18.3 Å². The van der Waals surface area contributed by atoms with Crippen molar-refractivity contribution in [3.63, 3.8) is 0 Å². The molecule has 0 aliphatic carbocycles. The number of carbonyl (C=O) groups is 3. The van der Waals surface area contributed by atoms with Gasteiger partial charge in [-0.25, -0.2) is 4.68 Å². The predicted molar refractivity (Wildman–Crippen MR) is 140 cm³/mol. The summed E-state index contributed by atoms with van der Waals surface area (Å²) in [5.74, 6) is -1.67. The minimum absolute atomic E-state index is 0.0990. The topological polar surface area (TPSA) is 93.4 Å². The number of imide groups is 1. The Morgan fingerprint density at radius 2 is 1.38 bits per heavy atom. The van der Waals surface area contributed by atoms with Crippen LogP contribution in [-0.4, -0.2) is 38.0 Å². The molecule has 0 spiro atoms. The monoisotopic (exact) mass is 494 g/mol. The molecule has 0 saturated carbocycles. The van der Waals surface area contributed by atoms with Crippen LogP contribution in [0, 0.1) is 13.8 Å². The molecule has 37 heavy (non-hydrogen) atoms. The average molecular weight is 495 g/mol. The van der Waals surface area contributed by atoms with Gasteiger partial charge in [0.2, 0.25) is 5.91 Å². The standard InChI is InChI=1S/C29H26N4O4/c1-18-13-15-20(16-14-18)17-24(32-27(35)22-11-7-8-12-23(22)28(32)36)26(34)30-25-19(2)31(3)33(29(25)37)21-9-5-4-6-10-21/h4-16,24H,17H2,1-3H3,(H,30,34). The number of para-hydroxylation sites is 1. The number of anilines is 1. The number of rotatable bonds is 6. The van der Waals surface area contributed by atoms with E-state index in [9.17, 15) is 19.2 Å². The average Bonchev–Trinajstić information content (AvgIpc) is 3.28. The smallest absolute Gasteiger partial charge is 0.295 e. The maximum Gasteiger partial charge on any atom is 0.295 e. The lowest BCUT2D eigenvalue weighted by Crippen LogP contribution is -2.49. The largest absolute Gasteiger partial charge is 0.318 e. The molecule has 1 aromatic heterocycles. The number of carbonyl (C=O) groups excluding carboxylic acids is 3.